The molecule has 10 atom stereocenters. The van der Waals surface area contributed by atoms with Crippen LogP contribution in [0.15, 0.2) is 22.8 Å². The summed E-state index contributed by atoms with van der Waals surface area (Å²) in [6, 6.07) is 0.477. The zero-order chi connectivity index (χ0) is 25.9. The van der Waals surface area contributed by atoms with Gasteiger partial charge in [0.05, 0.1) is 37.6 Å². The number of hydrogen-bond donors (Lipinski definition) is 2. The fraction of sp³-hybridized carbons (Fsp3) is 0.875. The average molecular weight is 514 g/mol. The van der Waals surface area contributed by atoms with E-state index in [0.29, 0.717) is 48.5 Å². The topological polar surface area (TPSA) is 62.2 Å². The number of piperidine rings is 1. The number of ether oxygens (including phenoxy) is 2. The first-order chi connectivity index (χ1) is 17.8. The van der Waals surface area contributed by atoms with Gasteiger partial charge in [0, 0.05) is 25.0 Å². The predicted molar refractivity (Wildman–Crippen MR) is 146 cm³/mol. The first-order valence-electron chi connectivity index (χ1n) is 15.4. The van der Waals surface area contributed by atoms with Gasteiger partial charge in [0.1, 0.15) is 0 Å². The molecule has 2 heterocycles. The second-order valence-corrected chi connectivity index (χ2v) is 14.1. The Kier molecular flexibility index (Phi) is 7.19. The number of nitrogens with zero attached hydrogens (tertiary/aromatic N) is 1. The van der Waals surface area contributed by atoms with Gasteiger partial charge in [-0.25, -0.2) is 0 Å². The van der Waals surface area contributed by atoms with Crippen molar-refractivity contribution in [1.82, 2.24) is 4.90 Å². The summed E-state index contributed by atoms with van der Waals surface area (Å²) in [6.07, 6.45) is 13.0. The summed E-state index contributed by atoms with van der Waals surface area (Å²) >= 11 is 0. The summed E-state index contributed by atoms with van der Waals surface area (Å²) < 4.78 is 12.9. The fourth-order valence-electron chi connectivity index (χ4n) is 10.2. The van der Waals surface area contributed by atoms with E-state index < -0.39 is 0 Å². The van der Waals surface area contributed by atoms with Crippen molar-refractivity contribution in [2.45, 2.75) is 109 Å². The van der Waals surface area contributed by atoms with Gasteiger partial charge in [0.2, 0.25) is 0 Å². The molecule has 0 aromatic heterocycles. The highest BCUT2D eigenvalue weighted by Gasteiger charge is 2.59. The maximum absolute atomic E-state index is 10.3. The molecule has 0 aromatic rings. The highest BCUT2D eigenvalue weighted by Crippen LogP contribution is 2.63. The molecule has 0 amide bonds. The van der Waals surface area contributed by atoms with Crippen molar-refractivity contribution in [2.24, 2.45) is 35.0 Å². The molecule has 0 radical (unpaired) electrons. The van der Waals surface area contributed by atoms with Crippen LogP contribution in [0.25, 0.3) is 0 Å². The molecule has 0 bridgehead atoms. The van der Waals surface area contributed by atoms with Gasteiger partial charge in [-0.1, -0.05) is 43.6 Å². The molecule has 4 fully saturated rings. The summed E-state index contributed by atoms with van der Waals surface area (Å²) in [4.78, 5) is 2.66. The van der Waals surface area contributed by atoms with Crippen LogP contribution in [0.1, 0.15) is 85.5 Å². The van der Waals surface area contributed by atoms with Crippen LogP contribution in [-0.4, -0.2) is 71.9 Å². The molecule has 6 rings (SSSR count). The van der Waals surface area contributed by atoms with Gasteiger partial charge in [0.15, 0.2) is 0 Å². The standard InChI is InChI=1S/C32H51NO4/c1-20-15-29-30(33(19-20)11-13-36-14-12-34)22(3)32(37-29)10-8-25-26-6-5-23-16-24(35)7-9-31(23,4)28(26)17-27(25)21(2)18-32/h5,20,22,24-26,28-30,34-35H,6-19H2,1-4H3/t20-,22+,24-,25-,26-,28-,29+,30-,31?,32-/m0/s1. The predicted octanol–water partition coefficient (Wildman–Crippen LogP) is 5.11. The van der Waals surface area contributed by atoms with E-state index in [1.54, 1.807) is 16.7 Å². The molecule has 37 heavy (non-hydrogen) atoms. The second kappa shape index (κ2) is 10.0. The Morgan fingerprint density at radius 3 is 2.81 bits per heavy atom. The third-order valence-corrected chi connectivity index (χ3v) is 12.0. The number of aliphatic hydroxyl groups excluding tert-OH is 2. The van der Waals surface area contributed by atoms with Crippen molar-refractivity contribution in [3.63, 3.8) is 0 Å². The van der Waals surface area contributed by atoms with E-state index in [-0.39, 0.29) is 18.3 Å². The van der Waals surface area contributed by atoms with E-state index >= 15 is 0 Å². The summed E-state index contributed by atoms with van der Waals surface area (Å²) in [6.45, 7) is 13.1. The van der Waals surface area contributed by atoms with Crippen LogP contribution >= 0.6 is 0 Å². The van der Waals surface area contributed by atoms with Gasteiger partial charge in [-0.2, -0.15) is 0 Å². The summed E-state index contributed by atoms with van der Waals surface area (Å²) in [5.41, 5.74) is 5.24. The smallest absolute Gasteiger partial charge is 0.0765 e. The maximum atomic E-state index is 10.3. The third-order valence-electron chi connectivity index (χ3n) is 12.0. The number of likely N-dealkylation sites (tertiary alicyclic amines) is 1. The molecule has 4 aliphatic carbocycles. The fourth-order valence-corrected chi connectivity index (χ4v) is 10.2. The minimum atomic E-state index is -0.128. The van der Waals surface area contributed by atoms with E-state index in [1.807, 2.05) is 0 Å². The van der Waals surface area contributed by atoms with Crippen molar-refractivity contribution < 1.29 is 19.7 Å². The minimum Gasteiger partial charge on any atom is -0.394 e. The van der Waals surface area contributed by atoms with Crippen LogP contribution in [0.5, 0.6) is 0 Å². The zero-order valence-corrected chi connectivity index (χ0v) is 23.8. The Morgan fingerprint density at radius 2 is 2.00 bits per heavy atom. The lowest BCUT2D eigenvalue weighted by molar-refractivity contribution is -0.0805. The van der Waals surface area contributed by atoms with E-state index in [2.05, 4.69) is 38.7 Å². The van der Waals surface area contributed by atoms with Crippen LogP contribution in [-0.2, 0) is 9.47 Å². The molecule has 2 saturated heterocycles. The zero-order valence-electron chi connectivity index (χ0n) is 23.8. The second-order valence-electron chi connectivity index (χ2n) is 14.1. The van der Waals surface area contributed by atoms with Gasteiger partial charge in [-0.3, -0.25) is 4.90 Å². The van der Waals surface area contributed by atoms with Crippen LogP contribution < -0.4 is 0 Å². The third kappa shape index (κ3) is 4.40. The van der Waals surface area contributed by atoms with Gasteiger partial charge in [-0.15, -0.1) is 0 Å². The van der Waals surface area contributed by atoms with E-state index in [9.17, 15) is 5.11 Å². The first-order valence-corrected chi connectivity index (χ1v) is 15.4. The molecule has 0 aromatic carbocycles. The molecule has 208 valence electrons. The molecule has 2 aliphatic heterocycles. The van der Waals surface area contributed by atoms with Crippen LogP contribution in [0.2, 0.25) is 0 Å². The molecular weight excluding hydrogens is 462 g/mol. The van der Waals surface area contributed by atoms with Gasteiger partial charge < -0.3 is 19.7 Å². The average Bonchev–Trinajstić information content (AvgIpc) is 3.32. The molecule has 5 nitrogen and oxygen atoms in total. The van der Waals surface area contributed by atoms with Crippen LogP contribution in [0.3, 0.4) is 0 Å². The van der Waals surface area contributed by atoms with Gasteiger partial charge in [0.25, 0.3) is 0 Å². The molecular formula is C32H51NO4. The van der Waals surface area contributed by atoms with Crippen molar-refractivity contribution in [3.8, 4) is 0 Å². The molecule has 1 unspecified atom stereocenters. The lowest BCUT2D eigenvalue weighted by Gasteiger charge is -2.49. The van der Waals surface area contributed by atoms with E-state index in [4.69, 9.17) is 14.6 Å². The van der Waals surface area contributed by atoms with Crippen LogP contribution in [0.4, 0.5) is 0 Å². The monoisotopic (exact) mass is 513 g/mol. The Hall–Kier alpha value is -0.720. The highest BCUT2D eigenvalue weighted by molar-refractivity contribution is 5.34. The largest absolute Gasteiger partial charge is 0.394 e. The van der Waals surface area contributed by atoms with Crippen molar-refractivity contribution in [3.05, 3.63) is 22.8 Å². The number of hydrogen-bond acceptors (Lipinski definition) is 5. The van der Waals surface area contributed by atoms with Gasteiger partial charge >= 0.3 is 0 Å². The minimum absolute atomic E-state index is 0.0327. The Morgan fingerprint density at radius 1 is 1.16 bits per heavy atom. The van der Waals surface area contributed by atoms with Crippen molar-refractivity contribution >= 4 is 0 Å². The molecule has 1 spiro atoms. The van der Waals surface area contributed by atoms with Gasteiger partial charge in [-0.05, 0) is 93.8 Å². The van der Waals surface area contributed by atoms with E-state index in [1.165, 1.54) is 32.1 Å². The Balaban J connectivity index is 1.22. The highest BCUT2D eigenvalue weighted by atomic mass is 16.5. The number of fused-ring (bicyclic) bond motifs is 6. The lowest BCUT2D eigenvalue weighted by Crippen LogP contribution is -2.52. The Labute approximate surface area is 224 Å². The molecule has 2 N–H and O–H groups in total. The van der Waals surface area contributed by atoms with Crippen LogP contribution in [0, 0.1) is 35.0 Å². The quantitative estimate of drug-likeness (QED) is 0.395. The van der Waals surface area contributed by atoms with Crippen molar-refractivity contribution in [2.75, 3.05) is 32.9 Å². The Bertz CT molecular complexity index is 930. The molecule has 5 heteroatoms. The first kappa shape index (κ1) is 26.5. The SMILES string of the molecule is CC1=C2C[C@H]3[C@@H](CC=C4C[C@@H](O)CCC43C)[C@@H]2CC[C@@]2(C1)O[C@@H]1C[C@H](C)CN(CCOCCO)[C@H]1[C@H]2C. The molecule has 2 saturated carbocycles. The molecule has 6 aliphatic rings. The number of aliphatic hydroxyl groups is 2. The lowest BCUT2D eigenvalue weighted by atomic mass is 9.56. The summed E-state index contributed by atoms with van der Waals surface area (Å²) in [5, 5.41) is 19.4. The van der Waals surface area contributed by atoms with Crippen molar-refractivity contribution in [1.29, 1.82) is 0 Å². The summed E-state index contributed by atoms with van der Waals surface area (Å²) in [7, 11) is 0. The summed E-state index contributed by atoms with van der Waals surface area (Å²) in [5.74, 6) is 3.39. The normalized spacial score (nSPS) is 47.8. The van der Waals surface area contributed by atoms with E-state index in [0.717, 1.165) is 50.6 Å². The number of rotatable bonds is 5. The maximum Gasteiger partial charge on any atom is 0.0765 e. The number of allylic oxidation sites excluding steroid dienone is 2.